The predicted octanol–water partition coefficient (Wildman–Crippen LogP) is 3.45. The number of carbonyl (C=O) groups excluding carboxylic acids is 1. The smallest absolute Gasteiger partial charge is 0.337 e. The number of aromatic nitrogens is 1. The van der Waals surface area contributed by atoms with Crippen molar-refractivity contribution in [3.05, 3.63) is 57.3 Å². The van der Waals surface area contributed by atoms with Crippen molar-refractivity contribution < 1.29 is 14.7 Å². The first-order valence-electron chi connectivity index (χ1n) is 5.43. The van der Waals surface area contributed by atoms with Gasteiger partial charge >= 0.3 is 5.97 Å². The van der Waals surface area contributed by atoms with Crippen LogP contribution >= 0.6 is 27.5 Å². The Morgan fingerprint density at radius 1 is 1.25 bits per heavy atom. The summed E-state index contributed by atoms with van der Waals surface area (Å²) in [5.41, 5.74) is 0.481. The molecule has 1 heterocycles. The molecule has 2 rings (SSSR count). The fraction of sp³-hybridized carbons (Fsp3) is 0. The van der Waals surface area contributed by atoms with Crippen molar-refractivity contribution in [3.8, 4) is 0 Å². The quantitative estimate of drug-likeness (QED) is 0.884. The fourth-order valence-corrected chi connectivity index (χ4v) is 1.91. The molecule has 0 fully saturated rings. The molecular formula is C13H8BrClN2O3. The van der Waals surface area contributed by atoms with Crippen molar-refractivity contribution in [2.45, 2.75) is 0 Å². The molecule has 1 aromatic heterocycles. The average Bonchev–Trinajstić information content (AvgIpc) is 2.41. The first-order valence-corrected chi connectivity index (χ1v) is 6.60. The maximum absolute atomic E-state index is 11.9. The van der Waals surface area contributed by atoms with Crippen molar-refractivity contribution in [2.24, 2.45) is 0 Å². The van der Waals surface area contributed by atoms with Gasteiger partial charge in [0.15, 0.2) is 0 Å². The van der Waals surface area contributed by atoms with Crippen molar-refractivity contribution in [2.75, 3.05) is 5.32 Å². The summed E-state index contributed by atoms with van der Waals surface area (Å²) in [7, 11) is 0. The van der Waals surface area contributed by atoms with Gasteiger partial charge in [-0.3, -0.25) is 4.79 Å². The van der Waals surface area contributed by atoms with E-state index in [1.54, 1.807) is 12.1 Å². The SMILES string of the molecule is O=C(Nc1ccc(Cl)c(C(=O)O)c1)c1ccc(Br)cn1. The number of carbonyl (C=O) groups is 2. The van der Waals surface area contributed by atoms with Crippen LogP contribution in [-0.4, -0.2) is 22.0 Å². The van der Waals surface area contributed by atoms with Crippen molar-refractivity contribution in [3.63, 3.8) is 0 Å². The number of amides is 1. The van der Waals surface area contributed by atoms with E-state index in [4.69, 9.17) is 16.7 Å². The molecular weight excluding hydrogens is 348 g/mol. The summed E-state index contributed by atoms with van der Waals surface area (Å²) in [5.74, 6) is -1.59. The fourth-order valence-electron chi connectivity index (χ4n) is 1.47. The van der Waals surface area contributed by atoms with Gasteiger partial charge in [-0.05, 0) is 46.3 Å². The minimum Gasteiger partial charge on any atom is -0.478 e. The second-order valence-corrected chi connectivity index (χ2v) is 5.14. The third kappa shape index (κ3) is 3.34. The third-order valence-corrected chi connectivity index (χ3v) is 3.21. The van der Waals surface area contributed by atoms with Crippen LogP contribution in [-0.2, 0) is 0 Å². The van der Waals surface area contributed by atoms with Crippen LogP contribution in [0, 0.1) is 0 Å². The summed E-state index contributed by atoms with van der Waals surface area (Å²) in [6.07, 6.45) is 1.50. The number of carboxylic acid groups (broad SMARTS) is 1. The topological polar surface area (TPSA) is 79.3 Å². The van der Waals surface area contributed by atoms with E-state index >= 15 is 0 Å². The molecule has 0 radical (unpaired) electrons. The van der Waals surface area contributed by atoms with Crippen LogP contribution in [0.5, 0.6) is 0 Å². The highest BCUT2D eigenvalue weighted by Crippen LogP contribution is 2.21. The zero-order valence-electron chi connectivity index (χ0n) is 9.93. The van der Waals surface area contributed by atoms with Gasteiger partial charge in [-0.1, -0.05) is 11.6 Å². The largest absolute Gasteiger partial charge is 0.478 e. The molecule has 0 bridgehead atoms. The molecule has 5 nitrogen and oxygen atoms in total. The molecule has 0 aliphatic carbocycles. The normalized spacial score (nSPS) is 10.1. The van der Waals surface area contributed by atoms with Crippen LogP contribution in [0.3, 0.4) is 0 Å². The molecule has 2 aromatic rings. The first-order chi connectivity index (χ1) is 9.47. The van der Waals surface area contributed by atoms with Crippen LogP contribution < -0.4 is 5.32 Å². The van der Waals surface area contributed by atoms with E-state index in [0.29, 0.717) is 5.69 Å². The van der Waals surface area contributed by atoms with Gasteiger partial charge in [0.25, 0.3) is 5.91 Å². The van der Waals surface area contributed by atoms with Crippen LogP contribution in [0.25, 0.3) is 0 Å². The number of aromatic carboxylic acids is 1. The number of hydrogen-bond donors (Lipinski definition) is 2. The van der Waals surface area contributed by atoms with Crippen molar-refractivity contribution >= 4 is 45.1 Å². The van der Waals surface area contributed by atoms with Gasteiger partial charge in [0.2, 0.25) is 0 Å². The van der Waals surface area contributed by atoms with E-state index in [1.165, 1.54) is 24.4 Å². The molecule has 1 amide bonds. The van der Waals surface area contributed by atoms with Gasteiger partial charge in [-0.2, -0.15) is 0 Å². The molecule has 0 spiro atoms. The summed E-state index contributed by atoms with van der Waals surface area (Å²) >= 11 is 8.97. The summed E-state index contributed by atoms with van der Waals surface area (Å²) in [4.78, 5) is 26.8. The molecule has 0 unspecified atom stereocenters. The second-order valence-electron chi connectivity index (χ2n) is 3.82. The van der Waals surface area contributed by atoms with E-state index in [1.807, 2.05) is 0 Å². The number of benzene rings is 1. The molecule has 2 N–H and O–H groups in total. The molecule has 0 aliphatic rings. The van der Waals surface area contributed by atoms with Gasteiger partial charge in [0, 0.05) is 16.4 Å². The van der Waals surface area contributed by atoms with Gasteiger partial charge < -0.3 is 10.4 Å². The number of halogens is 2. The van der Waals surface area contributed by atoms with Gasteiger partial charge in [0.1, 0.15) is 5.69 Å². The lowest BCUT2D eigenvalue weighted by molar-refractivity contribution is 0.0696. The summed E-state index contributed by atoms with van der Waals surface area (Å²) in [5, 5.41) is 11.6. The van der Waals surface area contributed by atoms with Crippen molar-refractivity contribution in [1.29, 1.82) is 0 Å². The Kier molecular flexibility index (Phi) is 4.36. The maximum atomic E-state index is 11.9. The Morgan fingerprint density at radius 3 is 2.60 bits per heavy atom. The van der Waals surface area contributed by atoms with E-state index in [9.17, 15) is 9.59 Å². The van der Waals surface area contributed by atoms with Gasteiger partial charge in [-0.15, -0.1) is 0 Å². The first kappa shape index (κ1) is 14.5. The van der Waals surface area contributed by atoms with E-state index < -0.39 is 11.9 Å². The lowest BCUT2D eigenvalue weighted by Crippen LogP contribution is -2.14. The van der Waals surface area contributed by atoms with Crippen LogP contribution in [0.1, 0.15) is 20.8 Å². The van der Waals surface area contributed by atoms with Crippen LogP contribution in [0.4, 0.5) is 5.69 Å². The Hall–Kier alpha value is -1.92. The highest BCUT2D eigenvalue weighted by Gasteiger charge is 2.12. The number of nitrogens with zero attached hydrogens (tertiary/aromatic N) is 1. The number of nitrogens with one attached hydrogen (secondary N) is 1. The predicted molar refractivity (Wildman–Crippen MR) is 78.3 cm³/mol. The van der Waals surface area contributed by atoms with E-state index in [-0.39, 0.29) is 16.3 Å². The number of anilines is 1. The number of pyridine rings is 1. The highest BCUT2D eigenvalue weighted by atomic mass is 79.9. The lowest BCUT2D eigenvalue weighted by Gasteiger charge is -2.06. The number of hydrogen-bond acceptors (Lipinski definition) is 3. The Labute approximate surface area is 127 Å². The standard InChI is InChI=1S/C13H8BrClN2O3/c14-7-1-4-11(16-6-7)12(18)17-8-2-3-10(15)9(5-8)13(19)20/h1-6H,(H,17,18)(H,19,20). The minimum atomic E-state index is -1.16. The maximum Gasteiger partial charge on any atom is 0.337 e. The lowest BCUT2D eigenvalue weighted by atomic mass is 10.2. The average molecular weight is 356 g/mol. The molecule has 20 heavy (non-hydrogen) atoms. The summed E-state index contributed by atoms with van der Waals surface area (Å²) in [6.45, 7) is 0. The highest BCUT2D eigenvalue weighted by molar-refractivity contribution is 9.10. The molecule has 0 aliphatic heterocycles. The number of rotatable bonds is 3. The van der Waals surface area contributed by atoms with Crippen molar-refractivity contribution in [1.82, 2.24) is 4.98 Å². The zero-order valence-corrected chi connectivity index (χ0v) is 12.3. The van der Waals surface area contributed by atoms with Crippen LogP contribution in [0.15, 0.2) is 41.0 Å². The van der Waals surface area contributed by atoms with Crippen LogP contribution in [0.2, 0.25) is 5.02 Å². The van der Waals surface area contributed by atoms with E-state index in [2.05, 4.69) is 26.2 Å². The van der Waals surface area contributed by atoms with Gasteiger partial charge in [0.05, 0.1) is 10.6 Å². The second kappa shape index (κ2) is 6.02. The van der Waals surface area contributed by atoms with E-state index in [0.717, 1.165) is 4.47 Å². The monoisotopic (exact) mass is 354 g/mol. The third-order valence-electron chi connectivity index (χ3n) is 2.41. The summed E-state index contributed by atoms with van der Waals surface area (Å²) in [6, 6.07) is 7.46. The molecule has 0 saturated carbocycles. The van der Waals surface area contributed by atoms with Gasteiger partial charge in [-0.25, -0.2) is 9.78 Å². The minimum absolute atomic E-state index is 0.0757. The molecule has 1 aromatic carbocycles. The molecule has 7 heteroatoms. The Morgan fingerprint density at radius 2 is 2.00 bits per heavy atom. The summed E-state index contributed by atoms with van der Waals surface area (Å²) < 4.78 is 0.758. The molecule has 102 valence electrons. The Balaban J connectivity index is 2.21. The Bertz CT molecular complexity index is 674. The molecule has 0 atom stereocenters. The zero-order chi connectivity index (χ0) is 14.7. The number of carboxylic acids is 1. The molecule has 0 saturated heterocycles.